The van der Waals surface area contributed by atoms with Crippen LogP contribution in [0.2, 0.25) is 0 Å². The first-order chi connectivity index (χ1) is 7.10. The van der Waals surface area contributed by atoms with Gasteiger partial charge < -0.3 is 5.11 Å². The normalized spacial score (nSPS) is 12.8. The van der Waals surface area contributed by atoms with Crippen molar-refractivity contribution >= 4 is 0 Å². The van der Waals surface area contributed by atoms with E-state index in [4.69, 9.17) is 0 Å². The number of phenolic OH excluding ortho intramolecular Hbond substituents is 1. The molecule has 1 atom stereocenters. The minimum Gasteiger partial charge on any atom is -0.507 e. The average Bonchev–Trinajstić information content (AvgIpc) is 2.22. The van der Waals surface area contributed by atoms with Crippen molar-refractivity contribution in [2.75, 3.05) is 0 Å². The van der Waals surface area contributed by atoms with Crippen LogP contribution in [0.4, 0.5) is 0 Å². The van der Waals surface area contributed by atoms with Gasteiger partial charge >= 0.3 is 0 Å². The highest BCUT2D eigenvalue weighted by atomic mass is 16.3. The van der Waals surface area contributed by atoms with Crippen LogP contribution in [0.3, 0.4) is 0 Å². The number of hydrogen-bond donors (Lipinski definition) is 1. The summed E-state index contributed by atoms with van der Waals surface area (Å²) in [6.07, 6.45) is 3.12. The molecule has 1 rings (SSSR count). The first-order valence-electron chi connectivity index (χ1n) is 5.92. The summed E-state index contributed by atoms with van der Waals surface area (Å²) in [6.45, 7) is 8.57. The van der Waals surface area contributed by atoms with Gasteiger partial charge in [-0.05, 0) is 36.8 Å². The molecule has 1 unspecified atom stereocenters. The summed E-state index contributed by atoms with van der Waals surface area (Å²) < 4.78 is 0. The Morgan fingerprint density at radius 2 is 1.93 bits per heavy atom. The van der Waals surface area contributed by atoms with E-state index >= 15 is 0 Å². The van der Waals surface area contributed by atoms with Crippen LogP contribution in [0, 0.1) is 6.92 Å². The van der Waals surface area contributed by atoms with Crippen LogP contribution < -0.4 is 0 Å². The van der Waals surface area contributed by atoms with Gasteiger partial charge in [0.05, 0.1) is 0 Å². The van der Waals surface area contributed by atoms with E-state index in [-0.39, 0.29) is 0 Å². The molecule has 1 heteroatoms. The number of benzene rings is 1. The molecule has 0 aromatic heterocycles. The molecule has 1 aromatic rings. The van der Waals surface area contributed by atoms with Crippen LogP contribution in [0.25, 0.3) is 0 Å². The van der Waals surface area contributed by atoms with E-state index in [9.17, 15) is 5.11 Å². The molecule has 0 saturated carbocycles. The lowest BCUT2D eigenvalue weighted by Crippen LogP contribution is -1.97. The van der Waals surface area contributed by atoms with Crippen LogP contribution in [0.5, 0.6) is 5.75 Å². The third kappa shape index (κ3) is 2.74. The first kappa shape index (κ1) is 12.1. The molecule has 0 amide bonds. The minimum atomic E-state index is 0.445. The lowest BCUT2D eigenvalue weighted by Gasteiger charge is -2.15. The van der Waals surface area contributed by atoms with Crippen molar-refractivity contribution in [2.45, 2.75) is 52.9 Å². The highest BCUT2D eigenvalue weighted by molar-refractivity contribution is 5.45. The van der Waals surface area contributed by atoms with E-state index in [1.807, 2.05) is 0 Å². The van der Waals surface area contributed by atoms with Crippen molar-refractivity contribution in [3.05, 3.63) is 28.8 Å². The third-order valence-electron chi connectivity index (χ3n) is 3.03. The molecular weight excluding hydrogens is 184 g/mol. The maximum Gasteiger partial charge on any atom is 0.122 e. The number of rotatable bonds is 4. The molecule has 0 fully saturated rings. The lowest BCUT2D eigenvalue weighted by atomic mass is 9.92. The Morgan fingerprint density at radius 1 is 1.27 bits per heavy atom. The van der Waals surface area contributed by atoms with Gasteiger partial charge in [0.2, 0.25) is 0 Å². The van der Waals surface area contributed by atoms with Gasteiger partial charge in [0.15, 0.2) is 0 Å². The molecule has 15 heavy (non-hydrogen) atoms. The van der Waals surface area contributed by atoms with Crippen LogP contribution in [0.15, 0.2) is 12.1 Å². The molecule has 0 aliphatic rings. The van der Waals surface area contributed by atoms with Crippen molar-refractivity contribution in [2.24, 2.45) is 0 Å². The summed E-state index contributed by atoms with van der Waals surface area (Å²) in [5, 5.41) is 10.1. The SMILES string of the molecule is CCCc1cc(C)cc(C(C)CC)c1O. The van der Waals surface area contributed by atoms with E-state index in [1.54, 1.807) is 0 Å². The Morgan fingerprint density at radius 3 is 2.47 bits per heavy atom. The zero-order chi connectivity index (χ0) is 11.4. The van der Waals surface area contributed by atoms with Gasteiger partial charge in [0, 0.05) is 0 Å². The molecule has 0 radical (unpaired) electrons. The maximum atomic E-state index is 10.1. The topological polar surface area (TPSA) is 20.2 Å². The van der Waals surface area contributed by atoms with Crippen molar-refractivity contribution in [1.29, 1.82) is 0 Å². The van der Waals surface area contributed by atoms with Crippen LogP contribution in [-0.4, -0.2) is 5.11 Å². The van der Waals surface area contributed by atoms with E-state index in [2.05, 4.69) is 39.8 Å². The highest BCUT2D eigenvalue weighted by Crippen LogP contribution is 2.32. The van der Waals surface area contributed by atoms with Gasteiger partial charge in [0.25, 0.3) is 0 Å². The standard InChI is InChI=1S/C14H22O/c1-5-7-12-8-10(3)9-13(14(12)15)11(4)6-2/h8-9,11,15H,5-7H2,1-4H3. The quantitative estimate of drug-likeness (QED) is 0.784. The lowest BCUT2D eigenvalue weighted by molar-refractivity contribution is 0.454. The third-order valence-corrected chi connectivity index (χ3v) is 3.03. The molecule has 1 nitrogen and oxygen atoms in total. The summed E-state index contributed by atoms with van der Waals surface area (Å²) in [4.78, 5) is 0. The Hall–Kier alpha value is -0.980. The number of aromatic hydroxyl groups is 1. The highest BCUT2D eigenvalue weighted by Gasteiger charge is 2.12. The fourth-order valence-corrected chi connectivity index (χ4v) is 1.94. The Balaban J connectivity index is 3.15. The van der Waals surface area contributed by atoms with Crippen LogP contribution in [0.1, 0.15) is 56.2 Å². The monoisotopic (exact) mass is 206 g/mol. The molecule has 1 aromatic carbocycles. The second-order valence-corrected chi connectivity index (χ2v) is 4.42. The smallest absolute Gasteiger partial charge is 0.122 e. The summed E-state index contributed by atoms with van der Waals surface area (Å²) in [5.41, 5.74) is 3.47. The Kier molecular flexibility index (Phi) is 4.19. The zero-order valence-electron chi connectivity index (χ0n) is 10.3. The van der Waals surface area contributed by atoms with Crippen LogP contribution in [-0.2, 0) is 6.42 Å². The van der Waals surface area contributed by atoms with Gasteiger partial charge in [-0.1, -0.05) is 44.9 Å². The zero-order valence-corrected chi connectivity index (χ0v) is 10.3. The summed E-state index contributed by atoms with van der Waals surface area (Å²) in [5.74, 6) is 0.970. The molecule has 1 N–H and O–H groups in total. The molecule has 0 aliphatic heterocycles. The molecule has 84 valence electrons. The predicted octanol–water partition coefficient (Wildman–Crippen LogP) is 4.17. The summed E-state index contributed by atoms with van der Waals surface area (Å²) in [7, 11) is 0. The van der Waals surface area contributed by atoms with Gasteiger partial charge in [-0.2, -0.15) is 0 Å². The van der Waals surface area contributed by atoms with Gasteiger partial charge in [-0.25, -0.2) is 0 Å². The van der Waals surface area contributed by atoms with E-state index in [0.717, 1.165) is 30.4 Å². The van der Waals surface area contributed by atoms with Gasteiger partial charge in [-0.15, -0.1) is 0 Å². The van der Waals surface area contributed by atoms with E-state index in [1.165, 1.54) is 5.56 Å². The summed E-state index contributed by atoms with van der Waals surface area (Å²) in [6, 6.07) is 4.22. The minimum absolute atomic E-state index is 0.445. The largest absolute Gasteiger partial charge is 0.507 e. The van der Waals surface area contributed by atoms with Crippen LogP contribution >= 0.6 is 0 Å². The Labute approximate surface area is 93.1 Å². The number of hydrogen-bond acceptors (Lipinski definition) is 1. The van der Waals surface area contributed by atoms with Gasteiger partial charge in [0.1, 0.15) is 5.75 Å². The number of aryl methyl sites for hydroxylation is 2. The van der Waals surface area contributed by atoms with Crippen molar-refractivity contribution in [3.8, 4) is 5.75 Å². The van der Waals surface area contributed by atoms with Crippen molar-refractivity contribution < 1.29 is 5.11 Å². The second-order valence-electron chi connectivity index (χ2n) is 4.42. The predicted molar refractivity (Wildman–Crippen MR) is 65.5 cm³/mol. The first-order valence-corrected chi connectivity index (χ1v) is 5.92. The molecule has 0 bridgehead atoms. The molecule has 0 saturated heterocycles. The molecule has 0 heterocycles. The molecule has 0 spiro atoms. The average molecular weight is 206 g/mol. The number of phenols is 1. The summed E-state index contributed by atoms with van der Waals surface area (Å²) >= 11 is 0. The Bertz CT molecular complexity index is 328. The van der Waals surface area contributed by atoms with Crippen molar-refractivity contribution in [1.82, 2.24) is 0 Å². The fourth-order valence-electron chi connectivity index (χ4n) is 1.94. The van der Waals surface area contributed by atoms with Crippen molar-refractivity contribution in [3.63, 3.8) is 0 Å². The molecular formula is C14H22O. The van der Waals surface area contributed by atoms with E-state index in [0.29, 0.717) is 11.7 Å². The molecule has 0 aliphatic carbocycles. The fraction of sp³-hybridized carbons (Fsp3) is 0.571. The second kappa shape index (κ2) is 5.20. The van der Waals surface area contributed by atoms with E-state index < -0.39 is 0 Å². The maximum absolute atomic E-state index is 10.1. The van der Waals surface area contributed by atoms with Gasteiger partial charge in [-0.3, -0.25) is 0 Å².